The second-order valence-corrected chi connectivity index (χ2v) is 7.01. The predicted octanol–water partition coefficient (Wildman–Crippen LogP) is 3.32. The lowest BCUT2D eigenvalue weighted by Crippen LogP contribution is -2.38. The second kappa shape index (κ2) is 10.0. The van der Waals surface area contributed by atoms with E-state index < -0.39 is 12.1 Å². The number of methoxy groups -OCH3 is 1. The maximum Gasteiger partial charge on any atom is 0.339 e. The minimum Gasteiger partial charge on any atom is -0.493 e. The SMILES string of the molecule is CC[C@@H](CNC(=O)[C@@H](C)OC(=O)c1cc(OC)c2c(c1)OCCO2)c1ccccc1. The molecule has 2 aromatic carbocycles. The summed E-state index contributed by atoms with van der Waals surface area (Å²) in [6.45, 7) is 4.88. The third-order valence-corrected chi connectivity index (χ3v) is 5.00. The first-order chi connectivity index (χ1) is 14.5. The lowest BCUT2D eigenvalue weighted by atomic mass is 9.96. The first-order valence-corrected chi connectivity index (χ1v) is 10.0. The molecule has 30 heavy (non-hydrogen) atoms. The third-order valence-electron chi connectivity index (χ3n) is 5.00. The van der Waals surface area contributed by atoms with Crippen LogP contribution in [0.3, 0.4) is 0 Å². The summed E-state index contributed by atoms with van der Waals surface area (Å²) < 4.78 is 21.7. The molecule has 1 heterocycles. The standard InChI is InChI=1S/C23H27NO6/c1-4-16(17-8-6-5-7-9-17)14-24-22(25)15(2)30-23(26)18-12-19(27-3)21-20(13-18)28-10-11-29-21/h5-9,12-13,15-16H,4,10-11,14H2,1-3H3,(H,24,25)/t15-,16+/m1/s1. The molecule has 0 spiro atoms. The molecule has 0 unspecified atom stereocenters. The van der Waals surface area contributed by atoms with Crippen LogP contribution >= 0.6 is 0 Å². The van der Waals surface area contributed by atoms with Crippen LogP contribution in [0.1, 0.15) is 42.1 Å². The van der Waals surface area contributed by atoms with Crippen LogP contribution in [0.25, 0.3) is 0 Å². The minimum atomic E-state index is -0.940. The molecule has 1 aliphatic rings. The molecule has 1 aliphatic heterocycles. The Morgan fingerprint density at radius 2 is 1.87 bits per heavy atom. The maximum atomic E-state index is 12.6. The molecule has 0 aromatic heterocycles. The van der Waals surface area contributed by atoms with Crippen molar-refractivity contribution in [3.63, 3.8) is 0 Å². The number of esters is 1. The molecule has 0 saturated carbocycles. The summed E-state index contributed by atoms with van der Waals surface area (Å²) >= 11 is 0. The van der Waals surface area contributed by atoms with Gasteiger partial charge in [0.1, 0.15) is 13.2 Å². The van der Waals surface area contributed by atoms with Gasteiger partial charge in [0.05, 0.1) is 12.7 Å². The average Bonchev–Trinajstić information content (AvgIpc) is 2.79. The van der Waals surface area contributed by atoms with Crippen molar-refractivity contribution >= 4 is 11.9 Å². The van der Waals surface area contributed by atoms with Gasteiger partial charge in [0.25, 0.3) is 5.91 Å². The van der Waals surface area contributed by atoms with Gasteiger partial charge in [-0.25, -0.2) is 4.79 Å². The fourth-order valence-electron chi connectivity index (χ4n) is 3.26. The third kappa shape index (κ3) is 5.03. The summed E-state index contributed by atoms with van der Waals surface area (Å²) in [6, 6.07) is 13.1. The van der Waals surface area contributed by atoms with Crippen LogP contribution in [0, 0.1) is 0 Å². The second-order valence-electron chi connectivity index (χ2n) is 7.01. The first-order valence-electron chi connectivity index (χ1n) is 10.0. The number of carbonyl (C=O) groups is 2. The molecule has 7 nitrogen and oxygen atoms in total. The Hall–Kier alpha value is -3.22. The number of amides is 1. The number of benzene rings is 2. The van der Waals surface area contributed by atoms with Crippen molar-refractivity contribution < 1.29 is 28.5 Å². The number of hydrogen-bond acceptors (Lipinski definition) is 6. The number of carbonyl (C=O) groups excluding carboxylic acids is 2. The van der Waals surface area contributed by atoms with Crippen molar-refractivity contribution in [2.45, 2.75) is 32.3 Å². The highest BCUT2D eigenvalue weighted by atomic mass is 16.6. The number of ether oxygens (including phenoxy) is 4. The van der Waals surface area contributed by atoms with E-state index in [2.05, 4.69) is 12.2 Å². The molecular formula is C23H27NO6. The Bertz CT molecular complexity index is 866. The van der Waals surface area contributed by atoms with Gasteiger partial charge in [-0.3, -0.25) is 4.79 Å². The Balaban J connectivity index is 1.60. The Morgan fingerprint density at radius 1 is 1.13 bits per heavy atom. The van der Waals surface area contributed by atoms with Gasteiger partial charge in [0.15, 0.2) is 17.6 Å². The van der Waals surface area contributed by atoms with E-state index in [0.29, 0.717) is 37.0 Å². The van der Waals surface area contributed by atoms with Crippen LogP contribution in [0.4, 0.5) is 0 Å². The highest BCUT2D eigenvalue weighted by Crippen LogP contribution is 2.40. The van der Waals surface area contributed by atoms with Crippen LogP contribution in [-0.4, -0.2) is 44.8 Å². The van der Waals surface area contributed by atoms with Gasteiger partial charge in [0, 0.05) is 12.5 Å². The molecule has 7 heteroatoms. The van der Waals surface area contributed by atoms with Crippen molar-refractivity contribution in [3.05, 3.63) is 53.6 Å². The Kier molecular flexibility index (Phi) is 7.17. The minimum absolute atomic E-state index is 0.195. The van der Waals surface area contributed by atoms with E-state index >= 15 is 0 Å². The highest BCUT2D eigenvalue weighted by molar-refractivity contribution is 5.93. The van der Waals surface area contributed by atoms with E-state index in [1.165, 1.54) is 19.2 Å². The van der Waals surface area contributed by atoms with Crippen LogP contribution in [0.2, 0.25) is 0 Å². The normalized spacial score (nSPS) is 14.4. The molecule has 2 aromatic rings. The van der Waals surface area contributed by atoms with Crippen LogP contribution in [0.5, 0.6) is 17.2 Å². The zero-order valence-electron chi connectivity index (χ0n) is 17.5. The molecular weight excluding hydrogens is 386 g/mol. The molecule has 0 bridgehead atoms. The van der Waals surface area contributed by atoms with Crippen LogP contribution in [0.15, 0.2) is 42.5 Å². The zero-order chi connectivity index (χ0) is 21.5. The van der Waals surface area contributed by atoms with Crippen molar-refractivity contribution in [2.24, 2.45) is 0 Å². The van der Waals surface area contributed by atoms with Gasteiger partial charge in [-0.1, -0.05) is 37.3 Å². The highest BCUT2D eigenvalue weighted by Gasteiger charge is 2.24. The molecule has 0 saturated heterocycles. The van der Waals surface area contributed by atoms with Gasteiger partial charge in [0.2, 0.25) is 5.75 Å². The van der Waals surface area contributed by atoms with E-state index in [1.54, 1.807) is 6.92 Å². The molecule has 0 aliphatic carbocycles. The quantitative estimate of drug-likeness (QED) is 0.669. The average molecular weight is 413 g/mol. The summed E-state index contributed by atoms with van der Waals surface area (Å²) in [6.07, 6.45) is -0.0555. The molecule has 1 N–H and O–H groups in total. The first kappa shape index (κ1) is 21.5. The maximum absolute atomic E-state index is 12.6. The number of rotatable bonds is 8. The van der Waals surface area contributed by atoms with Gasteiger partial charge in [-0.2, -0.15) is 0 Å². The van der Waals surface area contributed by atoms with Gasteiger partial charge in [-0.05, 0) is 31.0 Å². The lowest BCUT2D eigenvalue weighted by Gasteiger charge is -2.21. The van der Waals surface area contributed by atoms with Gasteiger partial charge < -0.3 is 24.3 Å². The van der Waals surface area contributed by atoms with E-state index in [0.717, 1.165) is 12.0 Å². The van der Waals surface area contributed by atoms with E-state index in [4.69, 9.17) is 18.9 Å². The van der Waals surface area contributed by atoms with Gasteiger partial charge >= 0.3 is 5.97 Å². The summed E-state index contributed by atoms with van der Waals surface area (Å²) in [7, 11) is 1.48. The monoisotopic (exact) mass is 413 g/mol. The van der Waals surface area contributed by atoms with E-state index in [-0.39, 0.29) is 17.4 Å². The molecule has 2 atom stereocenters. The Morgan fingerprint density at radius 3 is 2.57 bits per heavy atom. The fraction of sp³-hybridized carbons (Fsp3) is 0.391. The van der Waals surface area contributed by atoms with E-state index in [1.807, 2.05) is 30.3 Å². The van der Waals surface area contributed by atoms with Gasteiger partial charge in [-0.15, -0.1) is 0 Å². The molecule has 0 radical (unpaired) electrons. The van der Waals surface area contributed by atoms with E-state index in [9.17, 15) is 9.59 Å². The summed E-state index contributed by atoms with van der Waals surface area (Å²) in [5.41, 5.74) is 1.39. The van der Waals surface area contributed by atoms with Crippen molar-refractivity contribution in [2.75, 3.05) is 26.9 Å². The van der Waals surface area contributed by atoms with Crippen molar-refractivity contribution in [3.8, 4) is 17.2 Å². The smallest absolute Gasteiger partial charge is 0.339 e. The largest absolute Gasteiger partial charge is 0.493 e. The van der Waals surface area contributed by atoms with Crippen LogP contribution in [-0.2, 0) is 9.53 Å². The predicted molar refractivity (Wildman–Crippen MR) is 111 cm³/mol. The van der Waals surface area contributed by atoms with Crippen LogP contribution < -0.4 is 19.5 Å². The zero-order valence-corrected chi connectivity index (χ0v) is 17.5. The Labute approximate surface area is 176 Å². The summed E-state index contributed by atoms with van der Waals surface area (Å²) in [4.78, 5) is 25.0. The summed E-state index contributed by atoms with van der Waals surface area (Å²) in [5.74, 6) is 0.464. The molecule has 0 fully saturated rings. The van der Waals surface area contributed by atoms with Crippen molar-refractivity contribution in [1.29, 1.82) is 0 Å². The lowest BCUT2D eigenvalue weighted by molar-refractivity contribution is -0.129. The van der Waals surface area contributed by atoms with Crippen molar-refractivity contribution in [1.82, 2.24) is 5.32 Å². The molecule has 1 amide bonds. The molecule has 3 rings (SSSR count). The topological polar surface area (TPSA) is 83.1 Å². The number of hydrogen-bond donors (Lipinski definition) is 1. The fourth-order valence-corrected chi connectivity index (χ4v) is 3.26. The number of fused-ring (bicyclic) bond motifs is 1. The molecule has 160 valence electrons. The summed E-state index contributed by atoms with van der Waals surface area (Å²) in [5, 5.41) is 2.88. The number of nitrogens with one attached hydrogen (secondary N) is 1.